The van der Waals surface area contributed by atoms with E-state index < -0.39 is 0 Å². The van der Waals surface area contributed by atoms with Gasteiger partial charge in [-0.3, -0.25) is 0 Å². The minimum Gasteiger partial charge on any atom is -0.328 e. The number of fused-ring (bicyclic) bond motifs is 1. The van der Waals surface area contributed by atoms with Crippen LogP contribution in [-0.4, -0.2) is 16.1 Å². The van der Waals surface area contributed by atoms with Gasteiger partial charge < -0.3 is 10.3 Å². The summed E-state index contributed by atoms with van der Waals surface area (Å²) in [6.45, 7) is 6.92. The number of aryl methyl sites for hydroxylation is 3. The van der Waals surface area contributed by atoms with Crippen molar-refractivity contribution in [3.8, 4) is 0 Å². The zero-order valence-corrected chi connectivity index (χ0v) is 12.8. The Hall–Kier alpha value is -2.13. The monoisotopic (exact) mass is 279 g/mol. The van der Waals surface area contributed by atoms with Crippen LogP contribution in [0.15, 0.2) is 42.7 Å². The lowest BCUT2D eigenvalue weighted by Crippen LogP contribution is -2.20. The van der Waals surface area contributed by atoms with Crippen molar-refractivity contribution in [2.24, 2.45) is 5.73 Å². The quantitative estimate of drug-likeness (QED) is 0.797. The molecule has 0 aliphatic heterocycles. The zero-order valence-electron chi connectivity index (χ0n) is 12.8. The van der Waals surface area contributed by atoms with Gasteiger partial charge in [-0.15, -0.1) is 0 Å². The first-order valence-corrected chi connectivity index (χ1v) is 7.30. The second-order valence-electron chi connectivity index (χ2n) is 5.74. The molecule has 0 fully saturated rings. The number of imidazole rings is 1. The van der Waals surface area contributed by atoms with Gasteiger partial charge in [0.05, 0.1) is 23.4 Å². The smallest absolute Gasteiger partial charge is 0.0964 e. The summed E-state index contributed by atoms with van der Waals surface area (Å²) in [6.07, 6.45) is 1.91. The number of hydrogen-bond acceptors (Lipinski definition) is 2. The lowest BCUT2D eigenvalue weighted by Gasteiger charge is -2.19. The topological polar surface area (TPSA) is 43.8 Å². The molecule has 0 aliphatic carbocycles. The Bertz CT molecular complexity index is 786. The summed E-state index contributed by atoms with van der Waals surface area (Å²) in [6, 6.07) is 13.0. The van der Waals surface area contributed by atoms with Crippen LogP contribution in [0.2, 0.25) is 0 Å². The van der Waals surface area contributed by atoms with E-state index in [1.54, 1.807) is 0 Å². The van der Waals surface area contributed by atoms with E-state index in [1.807, 2.05) is 6.33 Å². The lowest BCUT2D eigenvalue weighted by molar-refractivity contribution is 0.610. The van der Waals surface area contributed by atoms with E-state index >= 15 is 0 Å². The Kier molecular flexibility index (Phi) is 3.52. The molecular weight excluding hydrogens is 258 g/mol. The summed E-state index contributed by atoms with van der Waals surface area (Å²) >= 11 is 0. The Balaban J connectivity index is 2.15. The Morgan fingerprint density at radius 2 is 1.86 bits per heavy atom. The van der Waals surface area contributed by atoms with Gasteiger partial charge in [-0.1, -0.05) is 29.8 Å². The summed E-state index contributed by atoms with van der Waals surface area (Å²) in [7, 11) is 0. The maximum atomic E-state index is 6.06. The maximum Gasteiger partial charge on any atom is 0.0964 e. The Morgan fingerprint density at radius 1 is 1.10 bits per heavy atom. The standard InChI is InChI=1S/C18H21N3/c1-12-5-4-6-15(7-12)18(10-19)21-11-20-16-8-13(2)14(3)9-17(16)21/h4-9,11,18H,10,19H2,1-3H3. The average Bonchev–Trinajstić information content (AvgIpc) is 2.84. The molecule has 3 aromatic rings. The van der Waals surface area contributed by atoms with Gasteiger partial charge in [0.1, 0.15) is 0 Å². The van der Waals surface area contributed by atoms with E-state index in [0.717, 1.165) is 11.0 Å². The molecule has 1 aromatic heterocycles. The molecule has 0 saturated carbocycles. The molecule has 21 heavy (non-hydrogen) atoms. The molecule has 1 heterocycles. The van der Waals surface area contributed by atoms with Crippen LogP contribution in [0.1, 0.15) is 28.3 Å². The first-order chi connectivity index (χ1) is 10.1. The molecule has 2 N–H and O–H groups in total. The third-order valence-electron chi connectivity index (χ3n) is 4.18. The second kappa shape index (κ2) is 5.34. The first kappa shape index (κ1) is 13.8. The number of benzene rings is 2. The highest BCUT2D eigenvalue weighted by Crippen LogP contribution is 2.25. The zero-order chi connectivity index (χ0) is 15.0. The highest BCUT2D eigenvalue weighted by Gasteiger charge is 2.15. The van der Waals surface area contributed by atoms with Crippen LogP contribution in [0.4, 0.5) is 0 Å². The molecule has 0 amide bonds. The predicted octanol–water partition coefficient (Wildman–Crippen LogP) is 3.51. The molecule has 0 aliphatic rings. The van der Waals surface area contributed by atoms with Gasteiger partial charge in [-0.25, -0.2) is 4.98 Å². The molecule has 1 unspecified atom stereocenters. The summed E-state index contributed by atoms with van der Waals surface area (Å²) < 4.78 is 2.19. The molecule has 0 bridgehead atoms. The SMILES string of the molecule is Cc1cccc(C(CN)n2cnc3cc(C)c(C)cc32)c1. The fraction of sp³-hybridized carbons (Fsp3) is 0.278. The van der Waals surface area contributed by atoms with Crippen LogP contribution in [0.5, 0.6) is 0 Å². The third-order valence-corrected chi connectivity index (χ3v) is 4.18. The van der Waals surface area contributed by atoms with Crippen molar-refractivity contribution >= 4 is 11.0 Å². The number of rotatable bonds is 3. The number of aromatic nitrogens is 2. The normalized spacial score (nSPS) is 12.8. The summed E-state index contributed by atoms with van der Waals surface area (Å²) in [4.78, 5) is 4.54. The second-order valence-corrected chi connectivity index (χ2v) is 5.74. The van der Waals surface area contributed by atoms with E-state index in [2.05, 4.69) is 66.7 Å². The predicted molar refractivity (Wildman–Crippen MR) is 87.6 cm³/mol. The number of nitrogens with zero attached hydrogens (tertiary/aromatic N) is 2. The van der Waals surface area contributed by atoms with Gasteiger partial charge in [0, 0.05) is 6.54 Å². The van der Waals surface area contributed by atoms with Gasteiger partial charge in [-0.05, 0) is 49.6 Å². The fourth-order valence-electron chi connectivity index (χ4n) is 2.82. The van der Waals surface area contributed by atoms with Crippen molar-refractivity contribution in [3.05, 3.63) is 65.0 Å². The molecule has 0 radical (unpaired) electrons. The fourth-order valence-corrected chi connectivity index (χ4v) is 2.82. The van der Waals surface area contributed by atoms with Crippen LogP contribution >= 0.6 is 0 Å². The van der Waals surface area contributed by atoms with Crippen molar-refractivity contribution in [1.82, 2.24) is 9.55 Å². The minimum atomic E-state index is 0.122. The summed E-state index contributed by atoms with van der Waals surface area (Å²) in [5, 5.41) is 0. The largest absolute Gasteiger partial charge is 0.328 e. The van der Waals surface area contributed by atoms with Crippen molar-refractivity contribution in [3.63, 3.8) is 0 Å². The van der Waals surface area contributed by atoms with Gasteiger partial charge in [0.15, 0.2) is 0 Å². The van der Waals surface area contributed by atoms with Gasteiger partial charge in [-0.2, -0.15) is 0 Å². The summed E-state index contributed by atoms with van der Waals surface area (Å²) in [5.41, 5.74) is 13.3. The average molecular weight is 279 g/mol. The van der Waals surface area contributed by atoms with Gasteiger partial charge >= 0.3 is 0 Å². The van der Waals surface area contributed by atoms with Crippen molar-refractivity contribution in [2.45, 2.75) is 26.8 Å². The van der Waals surface area contributed by atoms with E-state index in [1.165, 1.54) is 22.3 Å². The van der Waals surface area contributed by atoms with Crippen molar-refractivity contribution in [2.75, 3.05) is 6.54 Å². The highest BCUT2D eigenvalue weighted by atomic mass is 15.1. The lowest BCUT2D eigenvalue weighted by atomic mass is 10.0. The molecule has 0 spiro atoms. The Labute approximate surface area is 125 Å². The van der Waals surface area contributed by atoms with Crippen LogP contribution < -0.4 is 5.73 Å². The first-order valence-electron chi connectivity index (χ1n) is 7.30. The van der Waals surface area contributed by atoms with E-state index in [0.29, 0.717) is 6.54 Å². The highest BCUT2D eigenvalue weighted by molar-refractivity contribution is 5.77. The number of hydrogen-bond donors (Lipinski definition) is 1. The number of nitrogens with two attached hydrogens (primary N) is 1. The van der Waals surface area contributed by atoms with Gasteiger partial charge in [0.2, 0.25) is 0 Å². The van der Waals surface area contributed by atoms with Gasteiger partial charge in [0.25, 0.3) is 0 Å². The molecule has 3 nitrogen and oxygen atoms in total. The molecule has 3 rings (SSSR count). The van der Waals surface area contributed by atoms with E-state index in [9.17, 15) is 0 Å². The molecule has 1 atom stereocenters. The van der Waals surface area contributed by atoms with Crippen LogP contribution in [0, 0.1) is 20.8 Å². The van der Waals surface area contributed by atoms with E-state index in [-0.39, 0.29) is 6.04 Å². The van der Waals surface area contributed by atoms with Crippen LogP contribution in [-0.2, 0) is 0 Å². The molecular formula is C18H21N3. The van der Waals surface area contributed by atoms with E-state index in [4.69, 9.17) is 5.73 Å². The summed E-state index contributed by atoms with van der Waals surface area (Å²) in [5.74, 6) is 0. The minimum absolute atomic E-state index is 0.122. The Morgan fingerprint density at radius 3 is 2.57 bits per heavy atom. The van der Waals surface area contributed by atoms with Crippen molar-refractivity contribution < 1.29 is 0 Å². The van der Waals surface area contributed by atoms with Crippen LogP contribution in [0.3, 0.4) is 0 Å². The maximum absolute atomic E-state index is 6.06. The van der Waals surface area contributed by atoms with Crippen molar-refractivity contribution in [1.29, 1.82) is 0 Å². The molecule has 3 heteroatoms. The molecule has 108 valence electrons. The van der Waals surface area contributed by atoms with Crippen LogP contribution in [0.25, 0.3) is 11.0 Å². The molecule has 0 saturated heterocycles. The molecule has 2 aromatic carbocycles. The third kappa shape index (κ3) is 2.45.